The zero-order valence-corrected chi connectivity index (χ0v) is 10.7. The predicted molar refractivity (Wildman–Crippen MR) is 62.6 cm³/mol. The summed E-state index contributed by atoms with van der Waals surface area (Å²) in [5.41, 5.74) is 0. The van der Waals surface area contributed by atoms with Crippen LogP contribution in [0, 0.1) is 5.92 Å². The molecule has 1 fully saturated rings. The quantitative estimate of drug-likeness (QED) is 0.785. The fourth-order valence-electron chi connectivity index (χ4n) is 2.22. The summed E-state index contributed by atoms with van der Waals surface area (Å²) in [7, 11) is 0. The lowest BCUT2D eigenvalue weighted by molar-refractivity contribution is -0.146. The van der Waals surface area contributed by atoms with Crippen molar-refractivity contribution in [2.75, 3.05) is 13.2 Å². The maximum Gasteiger partial charge on any atom is 0.305 e. The normalized spacial score (nSPS) is 25.6. The van der Waals surface area contributed by atoms with E-state index in [1.165, 1.54) is 0 Å². The van der Waals surface area contributed by atoms with Gasteiger partial charge in [-0.25, -0.2) is 0 Å². The summed E-state index contributed by atoms with van der Waals surface area (Å²) in [6, 6.07) is -0.290. The summed E-state index contributed by atoms with van der Waals surface area (Å²) < 4.78 is 5.43. The Bertz CT molecular complexity index is 292. The topological polar surface area (TPSA) is 66.8 Å². The predicted octanol–water partition coefficient (Wildman–Crippen LogP) is 1.12. The first-order chi connectivity index (χ1) is 7.97. The first-order valence-corrected chi connectivity index (χ1v) is 6.11. The lowest BCUT2D eigenvalue weighted by atomic mass is 10.0. The molecule has 3 unspecified atom stereocenters. The standard InChI is InChI=1S/C12H21NO4/c1-4-13(9(3)7-10(14)15)12(16)11-8(2)5-6-17-11/h8-9,11H,4-7H2,1-3H3,(H,14,15). The van der Waals surface area contributed by atoms with E-state index in [0.29, 0.717) is 13.2 Å². The molecule has 0 spiro atoms. The van der Waals surface area contributed by atoms with Crippen LogP contribution in [0.4, 0.5) is 0 Å². The molecule has 1 amide bonds. The molecule has 1 saturated heterocycles. The van der Waals surface area contributed by atoms with Crippen molar-refractivity contribution in [3.63, 3.8) is 0 Å². The number of carbonyl (C=O) groups is 2. The number of ether oxygens (including phenoxy) is 1. The van der Waals surface area contributed by atoms with Crippen molar-refractivity contribution >= 4 is 11.9 Å². The van der Waals surface area contributed by atoms with E-state index in [0.717, 1.165) is 6.42 Å². The van der Waals surface area contributed by atoms with Crippen LogP contribution in [-0.2, 0) is 14.3 Å². The van der Waals surface area contributed by atoms with E-state index < -0.39 is 12.1 Å². The Kier molecular flexibility index (Phi) is 4.93. The Morgan fingerprint density at radius 2 is 2.18 bits per heavy atom. The molecule has 0 aromatic heterocycles. The fraction of sp³-hybridized carbons (Fsp3) is 0.833. The van der Waals surface area contributed by atoms with Crippen molar-refractivity contribution in [3.8, 4) is 0 Å². The Morgan fingerprint density at radius 1 is 1.53 bits per heavy atom. The van der Waals surface area contributed by atoms with Crippen LogP contribution in [0.1, 0.15) is 33.6 Å². The summed E-state index contributed by atoms with van der Waals surface area (Å²) in [6.07, 6.45) is 0.466. The number of rotatable bonds is 5. The summed E-state index contributed by atoms with van der Waals surface area (Å²) >= 11 is 0. The van der Waals surface area contributed by atoms with Crippen LogP contribution in [0.25, 0.3) is 0 Å². The summed E-state index contributed by atoms with van der Waals surface area (Å²) in [5.74, 6) is -0.746. The van der Waals surface area contributed by atoms with E-state index in [-0.39, 0.29) is 24.3 Å². The zero-order chi connectivity index (χ0) is 13.0. The third kappa shape index (κ3) is 3.43. The second-order valence-electron chi connectivity index (χ2n) is 4.63. The maximum absolute atomic E-state index is 12.2. The molecule has 0 bridgehead atoms. The number of carboxylic acid groups (broad SMARTS) is 1. The van der Waals surface area contributed by atoms with Gasteiger partial charge in [0.1, 0.15) is 6.10 Å². The number of carboxylic acids is 1. The van der Waals surface area contributed by atoms with Gasteiger partial charge in [0, 0.05) is 19.2 Å². The van der Waals surface area contributed by atoms with Crippen molar-refractivity contribution in [1.82, 2.24) is 4.90 Å². The Morgan fingerprint density at radius 3 is 2.59 bits per heavy atom. The molecule has 1 N–H and O–H groups in total. The molecule has 0 aromatic carbocycles. The van der Waals surface area contributed by atoms with E-state index in [2.05, 4.69) is 0 Å². The maximum atomic E-state index is 12.2. The number of aliphatic carboxylic acids is 1. The van der Waals surface area contributed by atoms with Gasteiger partial charge < -0.3 is 14.7 Å². The van der Waals surface area contributed by atoms with E-state index >= 15 is 0 Å². The van der Waals surface area contributed by atoms with Crippen LogP contribution in [0.5, 0.6) is 0 Å². The summed E-state index contributed by atoms with van der Waals surface area (Å²) in [5, 5.41) is 8.76. The SMILES string of the molecule is CCN(C(=O)C1OCCC1C)C(C)CC(=O)O. The van der Waals surface area contributed by atoms with Gasteiger partial charge in [-0.2, -0.15) is 0 Å². The molecule has 1 aliphatic heterocycles. The smallest absolute Gasteiger partial charge is 0.305 e. The molecule has 0 radical (unpaired) electrons. The van der Waals surface area contributed by atoms with Crippen LogP contribution in [0.3, 0.4) is 0 Å². The van der Waals surface area contributed by atoms with Gasteiger partial charge in [0.2, 0.25) is 0 Å². The highest BCUT2D eigenvalue weighted by Gasteiger charge is 2.35. The molecule has 0 aliphatic carbocycles. The minimum absolute atomic E-state index is 0.0271. The van der Waals surface area contributed by atoms with Gasteiger partial charge in [-0.1, -0.05) is 6.92 Å². The summed E-state index contributed by atoms with van der Waals surface area (Å²) in [4.78, 5) is 24.5. The number of amides is 1. The first-order valence-electron chi connectivity index (χ1n) is 6.11. The van der Waals surface area contributed by atoms with Gasteiger partial charge in [-0.3, -0.25) is 9.59 Å². The van der Waals surface area contributed by atoms with Gasteiger partial charge in [0.25, 0.3) is 5.91 Å². The molecular formula is C12H21NO4. The molecule has 5 nitrogen and oxygen atoms in total. The van der Waals surface area contributed by atoms with Crippen LogP contribution in [0.15, 0.2) is 0 Å². The third-order valence-electron chi connectivity index (χ3n) is 3.26. The molecular weight excluding hydrogens is 222 g/mol. The Labute approximate surface area is 102 Å². The molecule has 17 heavy (non-hydrogen) atoms. The number of nitrogens with zero attached hydrogens (tertiary/aromatic N) is 1. The fourth-order valence-corrected chi connectivity index (χ4v) is 2.22. The van der Waals surface area contributed by atoms with Crippen LogP contribution in [-0.4, -0.2) is 47.2 Å². The highest BCUT2D eigenvalue weighted by Crippen LogP contribution is 2.23. The van der Waals surface area contributed by atoms with Gasteiger partial charge in [0.15, 0.2) is 0 Å². The minimum atomic E-state index is -0.885. The average Bonchev–Trinajstić information content (AvgIpc) is 2.64. The van der Waals surface area contributed by atoms with Crippen molar-refractivity contribution in [2.24, 2.45) is 5.92 Å². The molecule has 3 atom stereocenters. The van der Waals surface area contributed by atoms with Crippen molar-refractivity contribution in [2.45, 2.75) is 45.8 Å². The first kappa shape index (κ1) is 14.0. The number of carbonyl (C=O) groups excluding carboxylic acids is 1. The number of likely N-dealkylation sites (N-methyl/N-ethyl adjacent to an activating group) is 1. The lowest BCUT2D eigenvalue weighted by Gasteiger charge is -2.30. The monoisotopic (exact) mass is 243 g/mol. The second kappa shape index (κ2) is 6.00. The number of hydrogen-bond acceptors (Lipinski definition) is 3. The number of hydrogen-bond donors (Lipinski definition) is 1. The largest absolute Gasteiger partial charge is 0.481 e. The molecule has 1 aliphatic rings. The molecule has 1 heterocycles. The third-order valence-corrected chi connectivity index (χ3v) is 3.26. The minimum Gasteiger partial charge on any atom is -0.481 e. The molecule has 0 saturated carbocycles. The van der Waals surface area contributed by atoms with Crippen LogP contribution >= 0.6 is 0 Å². The van der Waals surface area contributed by atoms with Gasteiger partial charge in [0.05, 0.1) is 6.42 Å². The Balaban J connectivity index is 2.66. The van der Waals surface area contributed by atoms with E-state index in [9.17, 15) is 9.59 Å². The van der Waals surface area contributed by atoms with Gasteiger partial charge >= 0.3 is 5.97 Å². The lowest BCUT2D eigenvalue weighted by Crippen LogP contribution is -2.46. The molecule has 1 rings (SSSR count). The van der Waals surface area contributed by atoms with Crippen molar-refractivity contribution in [1.29, 1.82) is 0 Å². The summed E-state index contributed by atoms with van der Waals surface area (Å²) in [6.45, 7) is 6.73. The molecule has 0 aromatic rings. The second-order valence-corrected chi connectivity index (χ2v) is 4.63. The highest BCUT2D eigenvalue weighted by atomic mass is 16.5. The van der Waals surface area contributed by atoms with Crippen LogP contribution < -0.4 is 0 Å². The molecule has 5 heteroatoms. The zero-order valence-electron chi connectivity index (χ0n) is 10.7. The van der Waals surface area contributed by atoms with E-state index in [4.69, 9.17) is 9.84 Å². The van der Waals surface area contributed by atoms with Gasteiger partial charge in [-0.05, 0) is 26.2 Å². The highest BCUT2D eigenvalue weighted by molar-refractivity contribution is 5.82. The van der Waals surface area contributed by atoms with E-state index in [1.54, 1.807) is 11.8 Å². The Hall–Kier alpha value is -1.10. The average molecular weight is 243 g/mol. The molecule has 98 valence electrons. The van der Waals surface area contributed by atoms with Crippen LogP contribution in [0.2, 0.25) is 0 Å². The van der Waals surface area contributed by atoms with Crippen molar-refractivity contribution in [3.05, 3.63) is 0 Å². The van der Waals surface area contributed by atoms with Gasteiger partial charge in [-0.15, -0.1) is 0 Å². The van der Waals surface area contributed by atoms with E-state index in [1.807, 2.05) is 13.8 Å². The van der Waals surface area contributed by atoms with Crippen molar-refractivity contribution < 1.29 is 19.4 Å².